The van der Waals surface area contributed by atoms with Crippen LogP contribution in [0, 0.1) is 6.61 Å². The van der Waals surface area contributed by atoms with Crippen molar-refractivity contribution in [3.63, 3.8) is 0 Å². The molecule has 4 atom stereocenters. The highest BCUT2D eigenvalue weighted by Gasteiger charge is 2.43. The van der Waals surface area contributed by atoms with E-state index in [9.17, 15) is 4.79 Å². The lowest BCUT2D eigenvalue weighted by Gasteiger charge is -2.42. The lowest BCUT2D eigenvalue weighted by molar-refractivity contribution is -0.192. The standard InChI is InChI=1S/C29H32NO5/c1-22(31)30-26-20-33-27(21-32-17-23-11-5-2-6-12-23)29(35-19-25-15-9-4-10-16-25)28(26)34-18-24-13-7-3-8-14-24/h2-16,20,26-29H,17-19,21H2,1H3,(H,30,31)/t26-,27+,28+,29-/m0/s1. The summed E-state index contributed by atoms with van der Waals surface area (Å²) < 4.78 is 24.8. The molecule has 6 heteroatoms. The predicted molar refractivity (Wildman–Crippen MR) is 133 cm³/mol. The minimum Gasteiger partial charge on any atom is -0.374 e. The molecule has 1 aliphatic heterocycles. The van der Waals surface area contributed by atoms with Gasteiger partial charge in [-0.3, -0.25) is 4.79 Å². The Morgan fingerprint density at radius 3 is 1.74 bits per heavy atom. The van der Waals surface area contributed by atoms with Gasteiger partial charge in [-0.05, 0) is 16.7 Å². The van der Waals surface area contributed by atoms with Gasteiger partial charge in [0.15, 0.2) is 0 Å². The van der Waals surface area contributed by atoms with Crippen molar-refractivity contribution in [2.24, 2.45) is 0 Å². The highest BCUT2D eigenvalue weighted by molar-refractivity contribution is 5.73. The van der Waals surface area contributed by atoms with E-state index in [0.29, 0.717) is 26.4 Å². The van der Waals surface area contributed by atoms with Crippen molar-refractivity contribution in [3.05, 3.63) is 114 Å². The van der Waals surface area contributed by atoms with Gasteiger partial charge in [0.2, 0.25) is 5.91 Å². The largest absolute Gasteiger partial charge is 0.374 e. The molecule has 1 heterocycles. The fraction of sp³-hybridized carbons (Fsp3) is 0.310. The lowest BCUT2D eigenvalue weighted by Crippen LogP contribution is -2.59. The zero-order valence-corrected chi connectivity index (χ0v) is 19.9. The summed E-state index contributed by atoms with van der Waals surface area (Å²) in [4.78, 5) is 11.9. The molecule has 3 aromatic carbocycles. The number of rotatable bonds is 11. The van der Waals surface area contributed by atoms with E-state index in [4.69, 9.17) is 18.9 Å². The van der Waals surface area contributed by atoms with Gasteiger partial charge < -0.3 is 24.3 Å². The smallest absolute Gasteiger partial charge is 0.217 e. The normalized spacial score (nSPS) is 22.0. The van der Waals surface area contributed by atoms with E-state index in [0.717, 1.165) is 16.7 Å². The van der Waals surface area contributed by atoms with Gasteiger partial charge in [0.05, 0.1) is 32.5 Å². The molecular weight excluding hydrogens is 442 g/mol. The van der Waals surface area contributed by atoms with Crippen LogP contribution in [-0.4, -0.2) is 36.9 Å². The van der Waals surface area contributed by atoms with Crippen molar-refractivity contribution in [2.45, 2.75) is 51.1 Å². The van der Waals surface area contributed by atoms with Crippen LogP contribution in [0.25, 0.3) is 0 Å². The topological polar surface area (TPSA) is 66.0 Å². The number of carbonyl (C=O) groups excluding carboxylic acids is 1. The predicted octanol–water partition coefficient (Wildman–Crippen LogP) is 4.44. The molecule has 4 rings (SSSR count). The average Bonchev–Trinajstić information content (AvgIpc) is 2.89. The molecular formula is C29H32NO5. The van der Waals surface area contributed by atoms with Gasteiger partial charge in [0.25, 0.3) is 0 Å². The monoisotopic (exact) mass is 474 g/mol. The van der Waals surface area contributed by atoms with Gasteiger partial charge in [-0.15, -0.1) is 0 Å². The molecule has 0 unspecified atom stereocenters. The minimum atomic E-state index is -0.462. The van der Waals surface area contributed by atoms with Gasteiger partial charge in [-0.1, -0.05) is 91.0 Å². The van der Waals surface area contributed by atoms with Gasteiger partial charge in [-0.25, -0.2) is 0 Å². The second-order valence-corrected chi connectivity index (χ2v) is 8.56. The summed E-state index contributed by atoms with van der Waals surface area (Å²) in [5, 5.41) is 2.93. The van der Waals surface area contributed by atoms with Crippen molar-refractivity contribution in [2.75, 3.05) is 6.61 Å². The lowest BCUT2D eigenvalue weighted by atomic mass is 9.97. The van der Waals surface area contributed by atoms with E-state index in [1.54, 1.807) is 6.61 Å². The Morgan fingerprint density at radius 2 is 1.23 bits per heavy atom. The molecule has 0 aliphatic carbocycles. The molecule has 1 amide bonds. The summed E-state index contributed by atoms with van der Waals surface area (Å²) in [6, 6.07) is 29.5. The average molecular weight is 475 g/mol. The SMILES string of the molecule is CC(=O)N[C@H]1[CH]O[C@H](COCc2ccccc2)[C@H](OCc2ccccc2)[C@@H]1OCc1ccccc1. The second kappa shape index (κ2) is 13.2. The molecule has 0 saturated carbocycles. The third kappa shape index (κ3) is 7.73. The van der Waals surface area contributed by atoms with Crippen molar-refractivity contribution in [3.8, 4) is 0 Å². The molecule has 0 spiro atoms. The van der Waals surface area contributed by atoms with E-state index >= 15 is 0 Å². The van der Waals surface area contributed by atoms with Crippen LogP contribution in [0.2, 0.25) is 0 Å². The van der Waals surface area contributed by atoms with Crippen LogP contribution in [-0.2, 0) is 43.6 Å². The molecule has 3 aromatic rings. The van der Waals surface area contributed by atoms with Gasteiger partial charge in [-0.2, -0.15) is 0 Å². The van der Waals surface area contributed by atoms with Crippen molar-refractivity contribution < 1.29 is 23.7 Å². The number of carbonyl (C=O) groups is 1. The molecule has 6 nitrogen and oxygen atoms in total. The van der Waals surface area contributed by atoms with Crippen LogP contribution in [0.1, 0.15) is 23.6 Å². The first kappa shape index (κ1) is 25.1. The Morgan fingerprint density at radius 1 is 0.743 bits per heavy atom. The van der Waals surface area contributed by atoms with E-state index in [1.807, 2.05) is 91.0 Å². The van der Waals surface area contributed by atoms with Crippen LogP contribution in [0.5, 0.6) is 0 Å². The molecule has 1 N–H and O–H groups in total. The fourth-order valence-electron chi connectivity index (χ4n) is 4.04. The number of benzene rings is 3. The number of hydrogen-bond acceptors (Lipinski definition) is 5. The number of nitrogens with one attached hydrogen (secondary N) is 1. The highest BCUT2D eigenvalue weighted by Crippen LogP contribution is 2.27. The zero-order chi connectivity index (χ0) is 24.3. The Hall–Kier alpha value is -3.03. The maximum atomic E-state index is 11.9. The summed E-state index contributed by atoms with van der Waals surface area (Å²) >= 11 is 0. The fourth-order valence-corrected chi connectivity index (χ4v) is 4.04. The van der Waals surface area contributed by atoms with Gasteiger partial charge >= 0.3 is 0 Å². The van der Waals surface area contributed by atoms with Crippen molar-refractivity contribution in [1.82, 2.24) is 5.32 Å². The summed E-state index contributed by atoms with van der Waals surface area (Å²) in [6.07, 6.45) is -1.31. The molecule has 1 saturated heterocycles. The van der Waals surface area contributed by atoms with Gasteiger partial charge in [0, 0.05) is 6.92 Å². The third-order valence-electron chi connectivity index (χ3n) is 5.78. The van der Waals surface area contributed by atoms with Gasteiger partial charge in [0.1, 0.15) is 24.9 Å². The summed E-state index contributed by atoms with van der Waals surface area (Å²) in [6.45, 7) is 4.69. The summed E-state index contributed by atoms with van der Waals surface area (Å²) in [5.74, 6) is -0.163. The van der Waals surface area contributed by atoms with Crippen LogP contribution in [0.4, 0.5) is 0 Å². The van der Waals surface area contributed by atoms with Crippen LogP contribution >= 0.6 is 0 Å². The van der Waals surface area contributed by atoms with Crippen LogP contribution < -0.4 is 5.32 Å². The molecule has 1 aliphatic rings. The van der Waals surface area contributed by atoms with E-state index < -0.39 is 24.4 Å². The maximum Gasteiger partial charge on any atom is 0.217 e. The number of ether oxygens (including phenoxy) is 4. The third-order valence-corrected chi connectivity index (χ3v) is 5.78. The Labute approximate surface area is 207 Å². The minimum absolute atomic E-state index is 0.163. The van der Waals surface area contributed by atoms with Crippen molar-refractivity contribution in [1.29, 1.82) is 0 Å². The van der Waals surface area contributed by atoms with Crippen molar-refractivity contribution >= 4 is 5.91 Å². The van der Waals surface area contributed by atoms with E-state index in [2.05, 4.69) is 5.32 Å². The molecule has 0 bridgehead atoms. The van der Waals surface area contributed by atoms with Crippen LogP contribution in [0.3, 0.4) is 0 Å². The highest BCUT2D eigenvalue weighted by atomic mass is 16.6. The van der Waals surface area contributed by atoms with E-state index in [1.165, 1.54) is 6.92 Å². The summed E-state index contributed by atoms with van der Waals surface area (Å²) in [7, 11) is 0. The molecule has 0 aromatic heterocycles. The maximum absolute atomic E-state index is 11.9. The molecule has 35 heavy (non-hydrogen) atoms. The molecule has 1 fully saturated rings. The molecule has 1 radical (unpaired) electrons. The Kier molecular flexibility index (Phi) is 9.43. The first-order valence-corrected chi connectivity index (χ1v) is 11.9. The second-order valence-electron chi connectivity index (χ2n) is 8.56. The first-order chi connectivity index (χ1) is 17.2. The Bertz CT molecular complexity index is 1020. The number of amides is 1. The first-order valence-electron chi connectivity index (χ1n) is 11.9. The summed E-state index contributed by atoms with van der Waals surface area (Å²) in [5.41, 5.74) is 3.17. The number of hydrogen-bond donors (Lipinski definition) is 1. The van der Waals surface area contributed by atoms with E-state index in [-0.39, 0.29) is 5.91 Å². The zero-order valence-electron chi connectivity index (χ0n) is 19.9. The molecule has 183 valence electrons. The van der Waals surface area contributed by atoms with Crippen LogP contribution in [0.15, 0.2) is 91.0 Å². The Balaban J connectivity index is 1.49. The quantitative estimate of drug-likeness (QED) is 0.445.